The van der Waals surface area contributed by atoms with Gasteiger partial charge in [0.2, 0.25) is 0 Å². The third-order valence-corrected chi connectivity index (χ3v) is 4.33. The molecule has 1 fully saturated rings. The maximum absolute atomic E-state index is 12.2. The van der Waals surface area contributed by atoms with Crippen molar-refractivity contribution in [1.29, 1.82) is 0 Å². The summed E-state index contributed by atoms with van der Waals surface area (Å²) >= 11 is 6.13. The molecule has 1 saturated heterocycles. The normalized spacial score (nSPS) is 16.1. The van der Waals surface area contributed by atoms with Crippen LogP contribution >= 0.6 is 24.0 Å². The number of ether oxygens (including phenoxy) is 2. The zero-order valence-corrected chi connectivity index (χ0v) is 14.2. The van der Waals surface area contributed by atoms with E-state index in [1.807, 2.05) is 6.92 Å². The first-order valence-electron chi connectivity index (χ1n) is 6.74. The van der Waals surface area contributed by atoms with Crippen molar-refractivity contribution in [3.8, 4) is 11.5 Å². The van der Waals surface area contributed by atoms with Crippen molar-refractivity contribution in [3.05, 3.63) is 28.7 Å². The Hall–Kier alpha value is -2.06. The highest BCUT2D eigenvalue weighted by molar-refractivity contribution is 8.26. The van der Waals surface area contributed by atoms with Crippen LogP contribution in [0.25, 0.3) is 6.08 Å². The molecule has 0 spiro atoms. The Bertz CT molecular complexity index is 686. The molecule has 0 saturated carbocycles. The van der Waals surface area contributed by atoms with Gasteiger partial charge in [0.15, 0.2) is 11.5 Å². The summed E-state index contributed by atoms with van der Waals surface area (Å²) in [6.07, 6.45) is 1.65. The molecule has 1 aromatic rings. The van der Waals surface area contributed by atoms with Gasteiger partial charge in [0.05, 0.1) is 18.6 Å². The number of carboxylic acid groups (broad SMARTS) is 1. The zero-order valence-electron chi connectivity index (χ0n) is 12.6. The number of amides is 1. The molecule has 0 bridgehead atoms. The molecular formula is C15H15NO5S2. The molecule has 1 amide bonds. The van der Waals surface area contributed by atoms with Crippen LogP contribution in [-0.4, -0.2) is 46.5 Å². The van der Waals surface area contributed by atoms with Gasteiger partial charge in [-0.05, 0) is 30.7 Å². The third-order valence-electron chi connectivity index (χ3n) is 2.95. The molecule has 6 nitrogen and oxygen atoms in total. The molecule has 0 aromatic heterocycles. The highest BCUT2D eigenvalue weighted by Crippen LogP contribution is 2.34. The van der Waals surface area contributed by atoms with E-state index in [9.17, 15) is 9.59 Å². The summed E-state index contributed by atoms with van der Waals surface area (Å²) in [5.41, 5.74) is 0.737. The number of methoxy groups -OCH3 is 1. The number of carbonyl (C=O) groups excluding carboxylic acids is 1. The number of thioether (sulfide) groups is 1. The Morgan fingerprint density at radius 2 is 2.17 bits per heavy atom. The molecule has 1 heterocycles. The predicted octanol–water partition coefficient (Wildman–Crippen LogP) is 2.38. The fourth-order valence-electron chi connectivity index (χ4n) is 1.97. The molecule has 122 valence electrons. The van der Waals surface area contributed by atoms with Crippen molar-refractivity contribution in [2.75, 3.05) is 20.3 Å². The van der Waals surface area contributed by atoms with E-state index in [0.717, 1.165) is 22.2 Å². The fourth-order valence-corrected chi connectivity index (χ4v) is 3.23. The van der Waals surface area contributed by atoms with Crippen LogP contribution < -0.4 is 9.47 Å². The van der Waals surface area contributed by atoms with Gasteiger partial charge in [-0.3, -0.25) is 14.5 Å². The second-order valence-corrected chi connectivity index (χ2v) is 6.18. The van der Waals surface area contributed by atoms with Crippen molar-refractivity contribution >= 4 is 46.3 Å². The minimum Gasteiger partial charge on any atom is -0.493 e. The van der Waals surface area contributed by atoms with Gasteiger partial charge in [-0.2, -0.15) is 0 Å². The summed E-state index contributed by atoms with van der Waals surface area (Å²) in [6, 6.07) is 5.29. The van der Waals surface area contributed by atoms with Gasteiger partial charge < -0.3 is 14.6 Å². The zero-order chi connectivity index (χ0) is 17.0. The first-order chi connectivity index (χ1) is 11.0. The monoisotopic (exact) mass is 353 g/mol. The Morgan fingerprint density at radius 1 is 1.43 bits per heavy atom. The van der Waals surface area contributed by atoms with Crippen molar-refractivity contribution in [2.24, 2.45) is 0 Å². The maximum Gasteiger partial charge on any atom is 0.323 e. The minimum absolute atomic E-state index is 0.238. The van der Waals surface area contributed by atoms with E-state index in [1.165, 1.54) is 7.11 Å². The van der Waals surface area contributed by atoms with Crippen LogP contribution in [0.2, 0.25) is 0 Å². The molecule has 1 N–H and O–H groups in total. The third kappa shape index (κ3) is 4.02. The second-order valence-electron chi connectivity index (χ2n) is 4.50. The number of rotatable bonds is 6. The van der Waals surface area contributed by atoms with E-state index in [0.29, 0.717) is 23.0 Å². The van der Waals surface area contributed by atoms with Gasteiger partial charge in [0.25, 0.3) is 5.91 Å². The molecule has 8 heteroatoms. The molecule has 0 unspecified atom stereocenters. The smallest absolute Gasteiger partial charge is 0.323 e. The van der Waals surface area contributed by atoms with Gasteiger partial charge in [-0.25, -0.2) is 0 Å². The first kappa shape index (κ1) is 17.3. The van der Waals surface area contributed by atoms with Gasteiger partial charge in [-0.15, -0.1) is 0 Å². The average molecular weight is 353 g/mol. The van der Waals surface area contributed by atoms with Crippen LogP contribution in [0.3, 0.4) is 0 Å². The van der Waals surface area contributed by atoms with E-state index < -0.39 is 18.4 Å². The van der Waals surface area contributed by atoms with Crippen molar-refractivity contribution in [3.63, 3.8) is 0 Å². The Morgan fingerprint density at radius 3 is 2.78 bits per heavy atom. The minimum atomic E-state index is -1.11. The standard InChI is InChI=1S/C15H15NO5S2/c1-3-21-10-5-4-9(6-11(10)20-2)7-12-14(19)16(8-13(17)18)15(22)23-12/h4-7H,3,8H2,1-2H3,(H,17,18). The summed E-state index contributed by atoms with van der Waals surface area (Å²) in [4.78, 5) is 24.4. The van der Waals surface area contributed by atoms with Gasteiger partial charge in [-0.1, -0.05) is 30.0 Å². The van der Waals surface area contributed by atoms with Crippen LogP contribution in [0, 0.1) is 0 Å². The number of nitrogens with zero attached hydrogens (tertiary/aromatic N) is 1. The molecule has 1 aliphatic rings. The number of thiocarbonyl (C=S) groups is 1. The quantitative estimate of drug-likeness (QED) is 0.621. The van der Waals surface area contributed by atoms with E-state index in [2.05, 4.69) is 0 Å². The summed E-state index contributed by atoms with van der Waals surface area (Å²) in [5, 5.41) is 8.82. The van der Waals surface area contributed by atoms with Crippen molar-refractivity contribution in [1.82, 2.24) is 4.90 Å². The van der Waals surface area contributed by atoms with Gasteiger partial charge in [0, 0.05) is 0 Å². The van der Waals surface area contributed by atoms with Crippen LogP contribution in [0.5, 0.6) is 11.5 Å². The number of aliphatic carboxylic acids is 1. The molecule has 2 rings (SSSR count). The molecule has 1 aliphatic heterocycles. The van der Waals surface area contributed by atoms with Gasteiger partial charge in [0.1, 0.15) is 10.9 Å². The van der Waals surface area contributed by atoms with E-state index in [1.54, 1.807) is 24.3 Å². The van der Waals surface area contributed by atoms with E-state index in [4.69, 9.17) is 26.8 Å². The number of hydrogen-bond donors (Lipinski definition) is 1. The summed E-state index contributed by atoms with van der Waals surface area (Å²) < 4.78 is 10.9. The SMILES string of the molecule is CCOc1ccc(C=C2SC(=S)N(CC(=O)O)C2=O)cc1OC. The molecule has 0 radical (unpaired) electrons. The average Bonchev–Trinajstić information content (AvgIpc) is 2.76. The highest BCUT2D eigenvalue weighted by atomic mass is 32.2. The number of carbonyl (C=O) groups is 2. The number of carboxylic acids is 1. The number of benzene rings is 1. The lowest BCUT2D eigenvalue weighted by Gasteiger charge is -2.10. The Labute approximate surface area is 143 Å². The van der Waals surface area contributed by atoms with Crippen LogP contribution in [0.15, 0.2) is 23.1 Å². The van der Waals surface area contributed by atoms with Gasteiger partial charge >= 0.3 is 5.97 Å². The molecule has 23 heavy (non-hydrogen) atoms. The summed E-state index contributed by atoms with van der Waals surface area (Å²) in [6.45, 7) is 1.96. The predicted molar refractivity (Wildman–Crippen MR) is 91.7 cm³/mol. The Balaban J connectivity index is 2.26. The topological polar surface area (TPSA) is 76.1 Å². The summed E-state index contributed by atoms with van der Waals surface area (Å²) in [5.74, 6) is -0.340. The first-order valence-corrected chi connectivity index (χ1v) is 7.96. The van der Waals surface area contributed by atoms with Crippen LogP contribution in [-0.2, 0) is 9.59 Å². The maximum atomic E-state index is 12.2. The van der Waals surface area contributed by atoms with Crippen molar-refractivity contribution in [2.45, 2.75) is 6.92 Å². The van der Waals surface area contributed by atoms with E-state index in [-0.39, 0.29) is 4.32 Å². The fraction of sp³-hybridized carbons (Fsp3) is 0.267. The largest absolute Gasteiger partial charge is 0.493 e. The molecule has 1 aromatic carbocycles. The molecule has 0 atom stereocenters. The lowest BCUT2D eigenvalue weighted by Crippen LogP contribution is -2.33. The molecule has 0 aliphatic carbocycles. The second kappa shape index (κ2) is 7.47. The highest BCUT2D eigenvalue weighted by Gasteiger charge is 2.33. The lowest BCUT2D eigenvalue weighted by atomic mass is 10.2. The molecular weight excluding hydrogens is 338 g/mol. The number of hydrogen-bond acceptors (Lipinski definition) is 6. The van der Waals surface area contributed by atoms with E-state index >= 15 is 0 Å². The van der Waals surface area contributed by atoms with Crippen LogP contribution in [0.1, 0.15) is 12.5 Å². The lowest BCUT2D eigenvalue weighted by molar-refractivity contribution is -0.140. The Kier molecular flexibility index (Phi) is 5.62. The van der Waals surface area contributed by atoms with Crippen molar-refractivity contribution < 1.29 is 24.2 Å². The summed E-state index contributed by atoms with van der Waals surface area (Å²) in [7, 11) is 1.54. The van der Waals surface area contributed by atoms with Crippen LogP contribution in [0.4, 0.5) is 0 Å².